The van der Waals surface area contributed by atoms with Crippen LogP contribution >= 0.6 is 47.0 Å². The van der Waals surface area contributed by atoms with Crippen LogP contribution in [0.5, 0.6) is 11.5 Å². The zero-order chi connectivity index (χ0) is 25.1. The second-order valence-electron chi connectivity index (χ2n) is 7.67. The van der Waals surface area contributed by atoms with E-state index in [2.05, 4.69) is 0 Å². The minimum Gasteiger partial charge on any atom is -0.494 e. The number of hydrogen-bond acceptors (Lipinski definition) is 4. The zero-order valence-corrected chi connectivity index (χ0v) is 22.0. The van der Waals surface area contributed by atoms with Gasteiger partial charge in [-0.05, 0) is 84.9 Å². The number of carbonyl (C=O) groups is 1. The van der Waals surface area contributed by atoms with Crippen molar-refractivity contribution < 1.29 is 14.3 Å². The number of carbonyl (C=O) groups excluding carboxylic acids is 1. The Morgan fingerprint density at radius 3 is 2.17 bits per heavy atom. The van der Waals surface area contributed by atoms with Gasteiger partial charge in [-0.25, -0.2) is 0 Å². The number of thiocarbonyl (C=S) groups is 1. The first-order chi connectivity index (χ1) is 16.8. The van der Waals surface area contributed by atoms with Crippen LogP contribution in [0.4, 0.5) is 5.69 Å². The summed E-state index contributed by atoms with van der Waals surface area (Å²) in [5, 5.41) is 1.68. The van der Waals surface area contributed by atoms with Crippen LogP contribution in [0, 0.1) is 0 Å². The second-order valence-corrected chi connectivity index (χ2v) is 9.28. The van der Waals surface area contributed by atoms with Crippen molar-refractivity contribution in [3.8, 4) is 11.5 Å². The first kappa shape index (κ1) is 25.3. The van der Waals surface area contributed by atoms with E-state index >= 15 is 0 Å². The number of anilines is 1. The summed E-state index contributed by atoms with van der Waals surface area (Å²) in [6.45, 7) is 2.76. The summed E-state index contributed by atoms with van der Waals surface area (Å²) >= 11 is 24.4. The molecule has 35 heavy (non-hydrogen) atoms. The molecular weight excluding hydrogens is 527 g/mol. The highest BCUT2D eigenvalue weighted by Gasteiger charge is 2.36. The van der Waals surface area contributed by atoms with Gasteiger partial charge in [0.25, 0.3) is 5.91 Å². The average molecular weight is 548 g/mol. The molecule has 1 amide bonds. The number of amides is 1. The summed E-state index contributed by atoms with van der Waals surface area (Å²) in [5.41, 5.74) is 2.62. The van der Waals surface area contributed by atoms with Crippen LogP contribution in [0.15, 0.2) is 66.4 Å². The van der Waals surface area contributed by atoms with Crippen LogP contribution in [0.3, 0.4) is 0 Å². The molecule has 1 aliphatic rings. The van der Waals surface area contributed by atoms with Crippen molar-refractivity contribution in [2.45, 2.75) is 13.5 Å². The van der Waals surface area contributed by atoms with Crippen molar-refractivity contribution in [3.63, 3.8) is 0 Å². The highest BCUT2D eigenvalue weighted by atomic mass is 35.5. The molecule has 5 nitrogen and oxygen atoms in total. The van der Waals surface area contributed by atoms with Gasteiger partial charge >= 0.3 is 0 Å². The van der Waals surface area contributed by atoms with Crippen molar-refractivity contribution in [3.05, 3.63) is 92.6 Å². The molecule has 3 aromatic carbocycles. The van der Waals surface area contributed by atoms with E-state index in [4.69, 9.17) is 56.5 Å². The van der Waals surface area contributed by atoms with E-state index in [1.807, 2.05) is 19.1 Å². The quantitative estimate of drug-likeness (QED) is 0.231. The van der Waals surface area contributed by atoms with Crippen LogP contribution in [0.2, 0.25) is 15.1 Å². The number of nitrogens with zero attached hydrogens (tertiary/aromatic N) is 2. The standard InChI is InChI=1S/C26H21Cl3N2O3S/c1-3-33-20-10-8-19(9-11-20)31-25(32)23(30(2)26(31)35)14-17-12-21(28)24(22(29)13-17)34-15-16-4-6-18(27)7-5-16/h4-14H,3,15H2,1-2H3/b23-14-. The number of likely N-dealkylation sites (N-methyl/N-ethyl adjacent to an activating group) is 1. The largest absolute Gasteiger partial charge is 0.494 e. The molecule has 3 aromatic rings. The van der Waals surface area contributed by atoms with Gasteiger partial charge in [-0.15, -0.1) is 0 Å². The smallest absolute Gasteiger partial charge is 0.281 e. The van der Waals surface area contributed by atoms with E-state index < -0.39 is 0 Å². The average Bonchev–Trinajstić information content (AvgIpc) is 3.03. The molecule has 0 aromatic heterocycles. The van der Waals surface area contributed by atoms with E-state index in [0.29, 0.717) is 49.5 Å². The summed E-state index contributed by atoms with van der Waals surface area (Å²) in [7, 11) is 1.74. The Labute approximate surface area is 224 Å². The SMILES string of the molecule is CCOc1ccc(N2C(=O)/C(=C/c3cc(Cl)c(OCc4ccc(Cl)cc4)c(Cl)c3)N(C)C2=S)cc1. The van der Waals surface area contributed by atoms with Crippen molar-refractivity contribution in [1.29, 1.82) is 0 Å². The Balaban J connectivity index is 1.55. The van der Waals surface area contributed by atoms with Crippen LogP contribution in [0.25, 0.3) is 6.08 Å². The molecule has 1 aliphatic heterocycles. The van der Waals surface area contributed by atoms with Crippen molar-refractivity contribution in [2.24, 2.45) is 0 Å². The minimum absolute atomic E-state index is 0.253. The van der Waals surface area contributed by atoms with E-state index in [-0.39, 0.29) is 12.5 Å². The Kier molecular flexibility index (Phi) is 7.87. The number of rotatable bonds is 7. The van der Waals surface area contributed by atoms with Gasteiger partial charge in [0.15, 0.2) is 10.9 Å². The molecule has 0 radical (unpaired) electrons. The predicted octanol–water partition coefficient (Wildman–Crippen LogP) is 7.23. The Bertz CT molecular complexity index is 1270. The molecular formula is C26H21Cl3N2O3S. The first-order valence-electron chi connectivity index (χ1n) is 10.7. The molecule has 0 bridgehead atoms. The van der Waals surface area contributed by atoms with E-state index in [9.17, 15) is 4.79 Å². The van der Waals surface area contributed by atoms with Gasteiger partial charge in [-0.2, -0.15) is 0 Å². The second kappa shape index (κ2) is 10.9. The summed E-state index contributed by atoms with van der Waals surface area (Å²) in [5.74, 6) is 0.834. The van der Waals surface area contributed by atoms with Gasteiger partial charge in [0.2, 0.25) is 0 Å². The third kappa shape index (κ3) is 5.57. The highest BCUT2D eigenvalue weighted by molar-refractivity contribution is 7.80. The Morgan fingerprint density at radius 1 is 0.943 bits per heavy atom. The highest BCUT2D eigenvalue weighted by Crippen LogP contribution is 2.36. The number of halogens is 3. The van der Waals surface area contributed by atoms with E-state index in [1.54, 1.807) is 66.6 Å². The third-order valence-electron chi connectivity index (χ3n) is 5.29. The minimum atomic E-state index is -0.253. The lowest BCUT2D eigenvalue weighted by Crippen LogP contribution is -2.31. The lowest BCUT2D eigenvalue weighted by atomic mass is 10.1. The molecule has 0 N–H and O–H groups in total. The van der Waals surface area contributed by atoms with Gasteiger partial charge < -0.3 is 14.4 Å². The lowest BCUT2D eigenvalue weighted by molar-refractivity contribution is -0.114. The molecule has 0 aliphatic carbocycles. The summed E-state index contributed by atoms with van der Waals surface area (Å²) in [4.78, 5) is 16.4. The molecule has 180 valence electrons. The third-order valence-corrected chi connectivity index (χ3v) is 6.56. The zero-order valence-electron chi connectivity index (χ0n) is 18.9. The molecule has 1 heterocycles. The van der Waals surface area contributed by atoms with E-state index in [0.717, 1.165) is 11.3 Å². The summed E-state index contributed by atoms with van der Waals surface area (Å²) in [6.07, 6.45) is 1.70. The number of ether oxygens (including phenoxy) is 2. The maximum absolute atomic E-state index is 13.3. The van der Waals surface area contributed by atoms with Crippen molar-refractivity contribution >= 4 is 69.8 Å². The Morgan fingerprint density at radius 2 is 1.57 bits per heavy atom. The monoisotopic (exact) mass is 546 g/mol. The Hall–Kier alpha value is -2.77. The number of benzene rings is 3. The topological polar surface area (TPSA) is 42.0 Å². The van der Waals surface area contributed by atoms with Crippen molar-refractivity contribution in [2.75, 3.05) is 18.6 Å². The van der Waals surface area contributed by atoms with Crippen LogP contribution in [-0.4, -0.2) is 29.6 Å². The normalized spacial score (nSPS) is 14.7. The van der Waals surface area contributed by atoms with Gasteiger partial charge in [-0.1, -0.05) is 46.9 Å². The van der Waals surface area contributed by atoms with Crippen LogP contribution in [0.1, 0.15) is 18.1 Å². The predicted molar refractivity (Wildman–Crippen MR) is 146 cm³/mol. The molecule has 9 heteroatoms. The molecule has 1 fully saturated rings. The number of hydrogen-bond donors (Lipinski definition) is 0. The van der Waals surface area contributed by atoms with Crippen LogP contribution in [-0.2, 0) is 11.4 Å². The first-order valence-corrected chi connectivity index (χ1v) is 12.3. The maximum Gasteiger partial charge on any atom is 0.281 e. The lowest BCUT2D eigenvalue weighted by Gasteiger charge is -2.16. The van der Waals surface area contributed by atoms with Crippen molar-refractivity contribution in [1.82, 2.24) is 4.90 Å². The molecule has 1 saturated heterocycles. The molecule has 4 rings (SSSR count). The molecule has 0 spiro atoms. The molecule has 0 atom stereocenters. The van der Waals surface area contributed by atoms with Gasteiger partial charge in [-0.3, -0.25) is 9.69 Å². The fourth-order valence-electron chi connectivity index (χ4n) is 3.54. The van der Waals surface area contributed by atoms with Gasteiger partial charge in [0, 0.05) is 12.1 Å². The fraction of sp³-hybridized carbons (Fsp3) is 0.154. The molecule has 0 unspecified atom stereocenters. The molecule has 0 saturated carbocycles. The van der Waals surface area contributed by atoms with E-state index in [1.165, 1.54) is 4.90 Å². The summed E-state index contributed by atoms with van der Waals surface area (Å²) in [6, 6.07) is 17.9. The van der Waals surface area contributed by atoms with Gasteiger partial charge in [0.05, 0.1) is 22.3 Å². The van der Waals surface area contributed by atoms with Crippen LogP contribution < -0.4 is 14.4 Å². The van der Waals surface area contributed by atoms with Gasteiger partial charge in [0.1, 0.15) is 18.1 Å². The maximum atomic E-state index is 13.3. The summed E-state index contributed by atoms with van der Waals surface area (Å²) < 4.78 is 11.3. The fourth-order valence-corrected chi connectivity index (χ4v) is 4.56.